The summed E-state index contributed by atoms with van der Waals surface area (Å²) >= 11 is 6.06. The summed E-state index contributed by atoms with van der Waals surface area (Å²) in [6.07, 6.45) is 5.69. The molecular weight excluding hydrogens is 288 g/mol. The minimum absolute atomic E-state index is 0.752. The van der Waals surface area contributed by atoms with E-state index in [0.29, 0.717) is 0 Å². The minimum Gasteiger partial charge on any atom is -0.0843 e. The van der Waals surface area contributed by atoms with Crippen LogP contribution in [0.5, 0.6) is 0 Å². The summed E-state index contributed by atoms with van der Waals surface area (Å²) in [4.78, 5) is 0. The van der Waals surface area contributed by atoms with Crippen molar-refractivity contribution >= 4 is 11.6 Å². The van der Waals surface area contributed by atoms with Crippen molar-refractivity contribution in [1.82, 2.24) is 0 Å². The Hall–Kier alpha value is -1.27. The van der Waals surface area contributed by atoms with Crippen LogP contribution in [0.4, 0.5) is 0 Å². The molecule has 0 aliphatic heterocycles. The summed E-state index contributed by atoms with van der Waals surface area (Å²) in [6, 6.07) is 17.3. The van der Waals surface area contributed by atoms with Crippen LogP contribution in [-0.4, -0.2) is 0 Å². The molecular formula is C21H23Cl. The number of rotatable bonds is 2. The van der Waals surface area contributed by atoms with Crippen LogP contribution in [0.1, 0.15) is 44.1 Å². The standard InChI is InChI=1S/C21H23Cl/c1-14-10-15-12-17(11-14)21(13-15)20-5-3-2-4-19(20)16-6-8-18(22)9-7-16/h2-9,14-15,17,21H,10-13H2,1H3. The molecule has 2 aliphatic carbocycles. The van der Waals surface area contributed by atoms with Crippen LogP contribution < -0.4 is 0 Å². The monoisotopic (exact) mass is 310 g/mol. The van der Waals surface area contributed by atoms with Gasteiger partial charge in [0, 0.05) is 5.02 Å². The molecule has 2 aliphatic rings. The van der Waals surface area contributed by atoms with Crippen LogP contribution in [0.25, 0.3) is 11.1 Å². The quantitative estimate of drug-likeness (QED) is 0.590. The fourth-order valence-corrected chi connectivity index (χ4v) is 5.09. The van der Waals surface area contributed by atoms with Crippen molar-refractivity contribution in [2.24, 2.45) is 17.8 Å². The van der Waals surface area contributed by atoms with E-state index in [1.807, 2.05) is 12.1 Å². The molecule has 1 heteroatoms. The molecule has 22 heavy (non-hydrogen) atoms. The van der Waals surface area contributed by atoms with Crippen molar-refractivity contribution in [2.75, 3.05) is 0 Å². The molecule has 0 amide bonds. The molecule has 4 rings (SSSR count). The van der Waals surface area contributed by atoms with E-state index < -0.39 is 0 Å². The van der Waals surface area contributed by atoms with Gasteiger partial charge in [-0.3, -0.25) is 0 Å². The number of benzene rings is 2. The topological polar surface area (TPSA) is 0 Å². The van der Waals surface area contributed by atoms with Crippen LogP contribution >= 0.6 is 11.6 Å². The zero-order valence-corrected chi connectivity index (χ0v) is 13.9. The summed E-state index contributed by atoms with van der Waals surface area (Å²) in [6.45, 7) is 2.44. The molecule has 0 radical (unpaired) electrons. The second-order valence-electron chi connectivity index (χ2n) is 7.37. The highest BCUT2D eigenvalue weighted by Crippen LogP contribution is 2.53. The molecule has 0 nitrogen and oxygen atoms in total. The van der Waals surface area contributed by atoms with Gasteiger partial charge in [0.1, 0.15) is 0 Å². The van der Waals surface area contributed by atoms with Crippen LogP contribution in [0, 0.1) is 17.8 Å². The predicted molar refractivity (Wildman–Crippen MR) is 94.2 cm³/mol. The smallest absolute Gasteiger partial charge is 0.0406 e. The Kier molecular flexibility index (Phi) is 3.74. The lowest BCUT2D eigenvalue weighted by Gasteiger charge is -2.27. The Morgan fingerprint density at radius 1 is 0.864 bits per heavy atom. The molecule has 0 saturated heterocycles. The number of halogens is 1. The summed E-state index contributed by atoms with van der Waals surface area (Å²) in [5.41, 5.74) is 4.27. The molecule has 0 N–H and O–H groups in total. The molecule has 4 atom stereocenters. The van der Waals surface area contributed by atoms with Gasteiger partial charge in [0.15, 0.2) is 0 Å². The molecule has 114 valence electrons. The Morgan fingerprint density at radius 2 is 1.64 bits per heavy atom. The average Bonchev–Trinajstić information content (AvgIpc) is 2.83. The highest BCUT2D eigenvalue weighted by molar-refractivity contribution is 6.30. The SMILES string of the molecule is CC1CC2CC(C1)C(c1ccccc1-c1ccc(Cl)cc1)C2. The molecule has 2 fully saturated rings. The number of hydrogen-bond acceptors (Lipinski definition) is 0. The summed E-state index contributed by atoms with van der Waals surface area (Å²) in [7, 11) is 0. The van der Waals surface area contributed by atoms with Gasteiger partial charge in [-0.1, -0.05) is 54.9 Å². The van der Waals surface area contributed by atoms with Gasteiger partial charge >= 0.3 is 0 Å². The fraction of sp³-hybridized carbons (Fsp3) is 0.429. The molecule has 2 aromatic carbocycles. The number of hydrogen-bond donors (Lipinski definition) is 0. The zero-order valence-electron chi connectivity index (χ0n) is 13.1. The first-order chi connectivity index (χ1) is 10.7. The minimum atomic E-state index is 0.752. The second kappa shape index (κ2) is 5.74. The van der Waals surface area contributed by atoms with Crippen molar-refractivity contribution in [3.8, 4) is 11.1 Å². The van der Waals surface area contributed by atoms with E-state index in [-0.39, 0.29) is 0 Å². The zero-order chi connectivity index (χ0) is 15.1. The first-order valence-corrected chi connectivity index (χ1v) is 8.93. The van der Waals surface area contributed by atoms with Gasteiger partial charge in [0.2, 0.25) is 0 Å². The van der Waals surface area contributed by atoms with Gasteiger partial charge in [-0.15, -0.1) is 0 Å². The van der Waals surface area contributed by atoms with Gasteiger partial charge < -0.3 is 0 Å². The third-order valence-electron chi connectivity index (χ3n) is 5.75. The van der Waals surface area contributed by atoms with Gasteiger partial charge in [-0.2, -0.15) is 0 Å². The van der Waals surface area contributed by atoms with Crippen LogP contribution in [-0.2, 0) is 0 Å². The highest BCUT2D eigenvalue weighted by Gasteiger charge is 2.40. The Morgan fingerprint density at radius 3 is 2.45 bits per heavy atom. The van der Waals surface area contributed by atoms with Crippen LogP contribution in [0.15, 0.2) is 48.5 Å². The Bertz CT molecular complexity index is 658. The molecule has 2 bridgehead atoms. The lowest BCUT2D eigenvalue weighted by atomic mass is 9.78. The third-order valence-corrected chi connectivity index (χ3v) is 6.00. The molecule has 2 aromatic rings. The van der Waals surface area contributed by atoms with Crippen molar-refractivity contribution in [3.63, 3.8) is 0 Å². The van der Waals surface area contributed by atoms with Crippen LogP contribution in [0.2, 0.25) is 5.02 Å². The molecule has 0 spiro atoms. The van der Waals surface area contributed by atoms with E-state index >= 15 is 0 Å². The van der Waals surface area contributed by atoms with Gasteiger partial charge in [0.05, 0.1) is 0 Å². The van der Waals surface area contributed by atoms with E-state index in [2.05, 4.69) is 43.3 Å². The lowest BCUT2D eigenvalue weighted by Crippen LogP contribution is -2.15. The predicted octanol–water partition coefficient (Wildman–Crippen LogP) is 6.55. The van der Waals surface area contributed by atoms with E-state index in [1.165, 1.54) is 36.8 Å². The summed E-state index contributed by atoms with van der Waals surface area (Å²) in [5, 5.41) is 0.812. The maximum Gasteiger partial charge on any atom is 0.0406 e. The van der Waals surface area contributed by atoms with Crippen molar-refractivity contribution in [2.45, 2.75) is 38.5 Å². The molecule has 2 saturated carbocycles. The van der Waals surface area contributed by atoms with Crippen molar-refractivity contribution in [1.29, 1.82) is 0 Å². The largest absolute Gasteiger partial charge is 0.0843 e. The lowest BCUT2D eigenvalue weighted by molar-refractivity contribution is 0.272. The number of fused-ring (bicyclic) bond motifs is 2. The van der Waals surface area contributed by atoms with Gasteiger partial charge in [0.25, 0.3) is 0 Å². The highest BCUT2D eigenvalue weighted by atomic mass is 35.5. The van der Waals surface area contributed by atoms with E-state index in [0.717, 1.165) is 28.7 Å². The van der Waals surface area contributed by atoms with E-state index in [1.54, 1.807) is 5.56 Å². The van der Waals surface area contributed by atoms with Crippen LogP contribution in [0.3, 0.4) is 0 Å². The third kappa shape index (κ3) is 2.58. The molecule has 0 heterocycles. The van der Waals surface area contributed by atoms with Crippen molar-refractivity contribution < 1.29 is 0 Å². The Labute approximate surface area is 138 Å². The Balaban J connectivity index is 1.72. The first kappa shape index (κ1) is 14.3. The molecule has 0 aromatic heterocycles. The molecule has 4 unspecified atom stereocenters. The summed E-state index contributed by atoms with van der Waals surface area (Å²) < 4.78 is 0. The summed E-state index contributed by atoms with van der Waals surface area (Å²) in [5.74, 6) is 3.51. The maximum atomic E-state index is 6.06. The fourth-order valence-electron chi connectivity index (χ4n) is 4.97. The van der Waals surface area contributed by atoms with E-state index in [4.69, 9.17) is 11.6 Å². The first-order valence-electron chi connectivity index (χ1n) is 8.55. The van der Waals surface area contributed by atoms with E-state index in [9.17, 15) is 0 Å². The second-order valence-corrected chi connectivity index (χ2v) is 7.81. The normalized spacial score (nSPS) is 30.5. The van der Waals surface area contributed by atoms with Gasteiger partial charge in [-0.05, 0) is 78.2 Å². The van der Waals surface area contributed by atoms with Crippen molar-refractivity contribution in [3.05, 3.63) is 59.1 Å². The maximum absolute atomic E-state index is 6.06. The van der Waals surface area contributed by atoms with Gasteiger partial charge in [-0.25, -0.2) is 0 Å². The average molecular weight is 311 g/mol.